The molecule has 0 saturated carbocycles. The molecule has 6 nitrogen and oxygen atoms in total. The second-order valence-electron chi connectivity index (χ2n) is 10.1. The van der Waals surface area contributed by atoms with Gasteiger partial charge in [-0.2, -0.15) is 0 Å². The molecular formula is C28H28N2O4. The third-order valence-electron chi connectivity index (χ3n) is 7.91. The molecule has 1 aromatic heterocycles. The highest BCUT2D eigenvalue weighted by molar-refractivity contribution is 5.83. The van der Waals surface area contributed by atoms with Crippen LogP contribution in [0.5, 0.6) is 11.5 Å². The fourth-order valence-electron chi connectivity index (χ4n) is 6.32. The number of benzene rings is 3. The smallest absolute Gasteiger partial charge is 0.207 e. The number of rotatable bonds is 3. The van der Waals surface area contributed by atoms with Crippen LogP contribution in [0.2, 0.25) is 0 Å². The lowest BCUT2D eigenvalue weighted by atomic mass is 9.80. The molecule has 2 unspecified atom stereocenters. The van der Waals surface area contributed by atoms with E-state index in [4.69, 9.17) is 13.9 Å². The first-order chi connectivity index (χ1) is 16.6. The van der Waals surface area contributed by atoms with Crippen molar-refractivity contribution in [3.8, 4) is 11.5 Å². The van der Waals surface area contributed by atoms with Gasteiger partial charge in [0.25, 0.3) is 0 Å². The van der Waals surface area contributed by atoms with E-state index in [-0.39, 0.29) is 6.10 Å². The van der Waals surface area contributed by atoms with Gasteiger partial charge in [0.1, 0.15) is 18.2 Å². The Kier molecular flexibility index (Phi) is 4.45. The summed E-state index contributed by atoms with van der Waals surface area (Å²) in [5.41, 5.74) is 1.70. The van der Waals surface area contributed by atoms with Crippen LogP contribution in [0.4, 0.5) is 0 Å². The topological polar surface area (TPSA) is 68.0 Å². The number of aryl methyl sites for hydroxylation is 1. The average molecular weight is 457 g/mol. The molecule has 2 bridgehead atoms. The molecule has 7 rings (SSSR count). The minimum atomic E-state index is -0.785. The van der Waals surface area contributed by atoms with E-state index in [2.05, 4.69) is 52.3 Å². The summed E-state index contributed by atoms with van der Waals surface area (Å²) in [6, 6.07) is 19.3. The zero-order valence-corrected chi connectivity index (χ0v) is 19.2. The molecule has 34 heavy (non-hydrogen) atoms. The summed E-state index contributed by atoms with van der Waals surface area (Å²) in [6.45, 7) is 3.14. The van der Waals surface area contributed by atoms with E-state index in [0.717, 1.165) is 43.3 Å². The number of oxazole rings is 1. The maximum Gasteiger partial charge on any atom is 0.207 e. The Hall–Kier alpha value is -3.09. The third kappa shape index (κ3) is 3.20. The Labute approximate surface area is 198 Å². The van der Waals surface area contributed by atoms with Crippen molar-refractivity contribution in [2.75, 3.05) is 13.2 Å². The Balaban J connectivity index is 1.11. The van der Waals surface area contributed by atoms with Gasteiger partial charge in [-0.15, -0.1) is 0 Å². The zero-order chi connectivity index (χ0) is 22.9. The lowest BCUT2D eigenvalue weighted by Crippen LogP contribution is -2.53. The highest BCUT2D eigenvalue weighted by atomic mass is 16.6. The Morgan fingerprint density at radius 1 is 1.03 bits per heavy atom. The highest BCUT2D eigenvalue weighted by Crippen LogP contribution is 2.47. The van der Waals surface area contributed by atoms with Crippen molar-refractivity contribution in [1.29, 1.82) is 0 Å². The lowest BCUT2D eigenvalue weighted by molar-refractivity contribution is -0.0685. The van der Waals surface area contributed by atoms with Gasteiger partial charge in [-0.1, -0.05) is 36.4 Å². The second kappa shape index (κ2) is 7.45. The molecule has 0 radical (unpaired) electrons. The normalized spacial score (nSPS) is 28.6. The number of fused-ring (bicyclic) bond motifs is 6. The summed E-state index contributed by atoms with van der Waals surface area (Å²) in [4.78, 5) is 6.96. The van der Waals surface area contributed by atoms with Crippen LogP contribution in [-0.2, 0) is 5.60 Å². The van der Waals surface area contributed by atoms with Crippen LogP contribution >= 0.6 is 0 Å². The van der Waals surface area contributed by atoms with E-state index in [9.17, 15) is 5.11 Å². The third-order valence-corrected chi connectivity index (χ3v) is 7.91. The van der Waals surface area contributed by atoms with Gasteiger partial charge in [0.15, 0.2) is 11.6 Å². The fraction of sp³-hybridized carbons (Fsp3) is 0.393. The molecule has 4 heterocycles. The van der Waals surface area contributed by atoms with E-state index in [0.29, 0.717) is 41.7 Å². The zero-order valence-electron chi connectivity index (χ0n) is 19.2. The van der Waals surface area contributed by atoms with Gasteiger partial charge in [0.05, 0.1) is 5.60 Å². The lowest BCUT2D eigenvalue weighted by Gasteiger charge is -2.45. The van der Waals surface area contributed by atoms with Crippen molar-refractivity contribution in [1.82, 2.24) is 9.88 Å². The predicted molar refractivity (Wildman–Crippen MR) is 129 cm³/mol. The monoisotopic (exact) mass is 456 g/mol. The predicted octanol–water partition coefficient (Wildman–Crippen LogP) is 4.94. The van der Waals surface area contributed by atoms with E-state index >= 15 is 0 Å². The second-order valence-corrected chi connectivity index (χ2v) is 10.1. The van der Waals surface area contributed by atoms with Gasteiger partial charge in [-0.3, -0.25) is 4.90 Å². The van der Waals surface area contributed by atoms with Gasteiger partial charge < -0.3 is 19.0 Å². The number of aliphatic hydroxyl groups is 1. The summed E-state index contributed by atoms with van der Waals surface area (Å²) < 4.78 is 18.3. The molecule has 0 spiro atoms. The van der Waals surface area contributed by atoms with Crippen molar-refractivity contribution in [3.63, 3.8) is 0 Å². The molecule has 3 aromatic carbocycles. The number of hydrogen-bond acceptors (Lipinski definition) is 6. The molecule has 6 heteroatoms. The van der Waals surface area contributed by atoms with E-state index in [1.807, 2.05) is 19.1 Å². The fourth-order valence-corrected chi connectivity index (χ4v) is 6.32. The van der Waals surface area contributed by atoms with E-state index in [1.54, 1.807) is 0 Å². The highest BCUT2D eigenvalue weighted by Gasteiger charge is 2.49. The molecule has 0 aliphatic carbocycles. The van der Waals surface area contributed by atoms with Crippen LogP contribution in [0, 0.1) is 6.92 Å². The molecule has 2 fully saturated rings. The summed E-state index contributed by atoms with van der Waals surface area (Å²) in [5.74, 6) is 2.00. The van der Waals surface area contributed by atoms with Crippen molar-refractivity contribution in [3.05, 3.63) is 66.1 Å². The standard InChI is InChI=1S/C28H28N2O4/c1-17-29-24-10-11-25-27(26(24)33-17)34-23(16-32-25)15-30-21-8-9-22(30)14-28(31,13-21)20-7-6-18-4-2-3-5-19(18)12-20/h2-7,10-12,21-23,31H,8-9,13-16H2,1H3/t21-,22+,23?,28?. The van der Waals surface area contributed by atoms with Gasteiger partial charge >= 0.3 is 0 Å². The molecule has 174 valence electrons. The average Bonchev–Trinajstić information content (AvgIpc) is 3.35. The molecule has 0 amide bonds. The van der Waals surface area contributed by atoms with Gasteiger partial charge in [-0.25, -0.2) is 4.98 Å². The minimum absolute atomic E-state index is 0.0848. The SMILES string of the molecule is Cc1nc2ccc3c(c2o1)OC(CN1[C@@H]2CC[C@H]1CC(O)(c1ccc4ccccc4c1)C2)CO3. The molecule has 4 aromatic rings. The van der Waals surface area contributed by atoms with Crippen molar-refractivity contribution in [2.45, 2.75) is 56.4 Å². The minimum Gasteiger partial charge on any atom is -0.486 e. The largest absolute Gasteiger partial charge is 0.486 e. The van der Waals surface area contributed by atoms with Crippen LogP contribution in [-0.4, -0.2) is 46.3 Å². The molecule has 3 aliphatic heterocycles. The first-order valence-corrected chi connectivity index (χ1v) is 12.2. The Morgan fingerprint density at radius 3 is 2.65 bits per heavy atom. The van der Waals surface area contributed by atoms with Crippen molar-refractivity contribution >= 4 is 21.9 Å². The summed E-state index contributed by atoms with van der Waals surface area (Å²) >= 11 is 0. The molecule has 1 N–H and O–H groups in total. The van der Waals surface area contributed by atoms with E-state index < -0.39 is 5.60 Å². The van der Waals surface area contributed by atoms with Gasteiger partial charge in [0, 0.05) is 25.6 Å². The van der Waals surface area contributed by atoms with Crippen LogP contribution in [0.3, 0.4) is 0 Å². The molecule has 2 saturated heterocycles. The van der Waals surface area contributed by atoms with Gasteiger partial charge in [0.2, 0.25) is 11.3 Å². The maximum atomic E-state index is 11.8. The maximum absolute atomic E-state index is 11.8. The summed E-state index contributed by atoms with van der Waals surface area (Å²) in [5, 5.41) is 14.1. The van der Waals surface area contributed by atoms with Crippen LogP contribution < -0.4 is 9.47 Å². The number of ether oxygens (including phenoxy) is 2. The molecule has 3 aliphatic rings. The summed E-state index contributed by atoms with van der Waals surface area (Å²) in [6.07, 6.45) is 3.63. The first kappa shape index (κ1) is 20.3. The number of nitrogens with zero attached hydrogens (tertiary/aromatic N) is 2. The first-order valence-electron chi connectivity index (χ1n) is 12.2. The van der Waals surface area contributed by atoms with Crippen LogP contribution in [0.15, 0.2) is 59.0 Å². The van der Waals surface area contributed by atoms with Gasteiger partial charge in [-0.05, 0) is 60.2 Å². The number of piperidine rings is 1. The Bertz CT molecular complexity index is 1380. The molecular weight excluding hydrogens is 428 g/mol. The number of aromatic nitrogens is 1. The Morgan fingerprint density at radius 2 is 1.82 bits per heavy atom. The van der Waals surface area contributed by atoms with Crippen LogP contribution in [0.1, 0.15) is 37.1 Å². The quantitative estimate of drug-likeness (QED) is 0.471. The van der Waals surface area contributed by atoms with Crippen LogP contribution in [0.25, 0.3) is 21.9 Å². The number of hydrogen-bond donors (Lipinski definition) is 1. The van der Waals surface area contributed by atoms with E-state index in [1.165, 1.54) is 10.8 Å². The molecule has 4 atom stereocenters. The van der Waals surface area contributed by atoms with Crippen molar-refractivity contribution < 1.29 is 19.0 Å². The summed E-state index contributed by atoms with van der Waals surface area (Å²) in [7, 11) is 0. The van der Waals surface area contributed by atoms with Crippen molar-refractivity contribution in [2.24, 2.45) is 0 Å².